The van der Waals surface area contributed by atoms with Crippen molar-refractivity contribution in [2.75, 3.05) is 13.7 Å². The summed E-state index contributed by atoms with van der Waals surface area (Å²) in [6.07, 6.45) is 3.51. The Labute approximate surface area is 114 Å². The Morgan fingerprint density at radius 3 is 2.37 bits per heavy atom. The van der Waals surface area contributed by atoms with Crippen LogP contribution in [0.25, 0.3) is 0 Å². The topological polar surface area (TPSA) is 70.7 Å². The monoisotopic (exact) mass is 271 g/mol. The fourth-order valence-electron chi connectivity index (χ4n) is 2.51. The predicted molar refractivity (Wildman–Crippen MR) is 72.2 cm³/mol. The first-order valence-corrected chi connectivity index (χ1v) is 6.82. The van der Waals surface area contributed by atoms with E-state index < -0.39 is 12.0 Å². The van der Waals surface area contributed by atoms with Crippen LogP contribution in [0.4, 0.5) is 0 Å². The van der Waals surface area contributed by atoms with Crippen LogP contribution in [-0.4, -0.2) is 48.7 Å². The van der Waals surface area contributed by atoms with E-state index in [1.807, 2.05) is 0 Å². The lowest BCUT2D eigenvalue weighted by atomic mass is 10.00. The number of esters is 1. The maximum atomic E-state index is 11.6. The first-order chi connectivity index (χ1) is 8.95. The lowest BCUT2D eigenvalue weighted by Crippen LogP contribution is -2.57. The van der Waals surface area contributed by atoms with Gasteiger partial charge in [-0.15, -0.1) is 0 Å². The molecule has 1 heterocycles. The number of ether oxygens (including phenoxy) is 1. The van der Waals surface area contributed by atoms with E-state index in [9.17, 15) is 9.59 Å². The van der Waals surface area contributed by atoms with Gasteiger partial charge >= 0.3 is 5.97 Å². The Balaban J connectivity index is 2.54. The lowest BCUT2D eigenvalue weighted by molar-refractivity contribution is -0.145. The summed E-state index contributed by atoms with van der Waals surface area (Å²) >= 11 is 0. The van der Waals surface area contributed by atoms with Crippen LogP contribution in [0.2, 0.25) is 0 Å². The molecule has 3 atom stereocenters. The van der Waals surface area contributed by atoms with Crippen molar-refractivity contribution in [3.63, 3.8) is 0 Å². The summed E-state index contributed by atoms with van der Waals surface area (Å²) in [6, 6.07) is 0.211. The van der Waals surface area contributed by atoms with Gasteiger partial charge in [-0.05, 0) is 26.7 Å². The quantitative estimate of drug-likeness (QED) is 0.710. The molecular formula is C13H25N3O3. The van der Waals surface area contributed by atoms with Gasteiger partial charge in [0.1, 0.15) is 6.04 Å². The van der Waals surface area contributed by atoms with Crippen LogP contribution in [0, 0.1) is 0 Å². The molecule has 0 aromatic carbocycles. The number of rotatable bonds is 5. The normalized spacial score (nSPS) is 25.7. The number of hydrazine groups is 1. The average molecular weight is 271 g/mol. The van der Waals surface area contributed by atoms with E-state index in [1.165, 1.54) is 20.5 Å². The highest BCUT2D eigenvalue weighted by Gasteiger charge is 2.27. The van der Waals surface area contributed by atoms with Crippen LogP contribution < -0.4 is 10.7 Å². The Morgan fingerprint density at radius 1 is 1.32 bits per heavy atom. The van der Waals surface area contributed by atoms with E-state index in [-0.39, 0.29) is 5.91 Å². The third-order valence-corrected chi connectivity index (χ3v) is 3.53. The minimum Gasteiger partial charge on any atom is -0.467 e. The van der Waals surface area contributed by atoms with E-state index in [0.717, 1.165) is 12.8 Å². The van der Waals surface area contributed by atoms with Gasteiger partial charge in [0.15, 0.2) is 0 Å². The van der Waals surface area contributed by atoms with E-state index in [4.69, 9.17) is 4.74 Å². The number of hydrogen-bond acceptors (Lipinski definition) is 5. The van der Waals surface area contributed by atoms with Gasteiger partial charge in [0.2, 0.25) is 5.91 Å². The molecule has 0 aliphatic carbocycles. The van der Waals surface area contributed by atoms with E-state index in [2.05, 4.69) is 29.6 Å². The lowest BCUT2D eigenvalue weighted by Gasteiger charge is -2.39. The number of carbonyl (C=O) groups is 2. The van der Waals surface area contributed by atoms with Crippen molar-refractivity contribution in [2.45, 2.75) is 58.2 Å². The molecule has 6 heteroatoms. The molecular weight excluding hydrogens is 246 g/mol. The van der Waals surface area contributed by atoms with Crippen molar-refractivity contribution >= 4 is 11.9 Å². The zero-order valence-corrected chi connectivity index (χ0v) is 12.2. The fourth-order valence-corrected chi connectivity index (χ4v) is 2.51. The summed E-state index contributed by atoms with van der Waals surface area (Å²) < 4.78 is 4.69. The minimum absolute atomic E-state index is 0.239. The van der Waals surface area contributed by atoms with E-state index in [0.29, 0.717) is 18.6 Å². The van der Waals surface area contributed by atoms with Gasteiger partial charge in [-0.3, -0.25) is 10.2 Å². The summed E-state index contributed by atoms with van der Waals surface area (Å²) in [6.45, 7) is 6.06. The first-order valence-electron chi connectivity index (χ1n) is 6.82. The van der Waals surface area contributed by atoms with Crippen molar-refractivity contribution < 1.29 is 14.3 Å². The van der Waals surface area contributed by atoms with E-state index in [1.54, 1.807) is 0 Å². The van der Waals surface area contributed by atoms with Crippen LogP contribution in [-0.2, 0) is 14.3 Å². The number of piperidine rings is 1. The van der Waals surface area contributed by atoms with Gasteiger partial charge in [-0.25, -0.2) is 9.80 Å². The average Bonchev–Trinajstić information content (AvgIpc) is 2.35. The zero-order valence-electron chi connectivity index (χ0n) is 12.2. The maximum Gasteiger partial charge on any atom is 0.329 e. The Hall–Kier alpha value is -1.14. The fraction of sp³-hybridized carbons (Fsp3) is 0.846. The summed E-state index contributed by atoms with van der Waals surface area (Å²) in [5.41, 5.74) is 3.26. The highest BCUT2D eigenvalue weighted by Crippen LogP contribution is 2.20. The van der Waals surface area contributed by atoms with Gasteiger partial charge in [0, 0.05) is 25.6 Å². The molecule has 1 fully saturated rings. The molecule has 2 N–H and O–H groups in total. The third kappa shape index (κ3) is 4.80. The van der Waals surface area contributed by atoms with Crippen LogP contribution >= 0.6 is 0 Å². The first kappa shape index (κ1) is 15.9. The van der Waals surface area contributed by atoms with Crippen LogP contribution in [0.3, 0.4) is 0 Å². The van der Waals surface area contributed by atoms with Crippen LogP contribution in [0.1, 0.15) is 40.0 Å². The standard InChI is InChI=1S/C13H25N3O3/c1-9-6-5-7-10(2)16(9)14-8-12(13(18)19-4)15-11(3)17/h9-10,12,14H,5-8H2,1-4H3,(H,15,17). The smallest absolute Gasteiger partial charge is 0.329 e. The molecule has 0 aromatic heterocycles. The predicted octanol–water partition coefficient (Wildman–Crippen LogP) is 0.432. The summed E-state index contributed by atoms with van der Waals surface area (Å²) in [5.74, 6) is -0.669. The highest BCUT2D eigenvalue weighted by atomic mass is 16.5. The minimum atomic E-state index is -0.649. The molecule has 0 aromatic rings. The van der Waals surface area contributed by atoms with Gasteiger partial charge in [-0.1, -0.05) is 6.42 Å². The van der Waals surface area contributed by atoms with Gasteiger partial charge < -0.3 is 10.1 Å². The molecule has 1 aliphatic rings. The van der Waals surface area contributed by atoms with Gasteiger partial charge in [0.05, 0.1) is 7.11 Å². The molecule has 1 amide bonds. The van der Waals surface area contributed by atoms with Crippen molar-refractivity contribution in [1.82, 2.24) is 15.8 Å². The molecule has 0 spiro atoms. The summed E-state index contributed by atoms with van der Waals surface area (Å²) in [7, 11) is 1.32. The molecule has 1 aliphatic heterocycles. The molecule has 0 bridgehead atoms. The van der Waals surface area contributed by atoms with Crippen molar-refractivity contribution in [3.8, 4) is 0 Å². The summed E-state index contributed by atoms with van der Waals surface area (Å²) in [4.78, 5) is 22.7. The Kier molecular flexibility index (Phi) is 6.24. The Bertz CT molecular complexity index is 312. The number of nitrogens with zero attached hydrogens (tertiary/aromatic N) is 1. The number of carbonyl (C=O) groups excluding carboxylic acids is 2. The molecule has 110 valence electrons. The van der Waals surface area contributed by atoms with Crippen LogP contribution in [0.15, 0.2) is 0 Å². The SMILES string of the molecule is COC(=O)C(CNN1C(C)CCCC1C)NC(C)=O. The maximum absolute atomic E-state index is 11.6. The molecule has 6 nitrogen and oxygen atoms in total. The van der Waals surface area contributed by atoms with Gasteiger partial charge in [0.25, 0.3) is 0 Å². The summed E-state index contributed by atoms with van der Waals surface area (Å²) in [5, 5.41) is 4.77. The second-order valence-electron chi connectivity index (χ2n) is 5.17. The second-order valence-corrected chi connectivity index (χ2v) is 5.17. The second kappa shape index (κ2) is 7.45. The van der Waals surface area contributed by atoms with Gasteiger partial charge in [-0.2, -0.15) is 0 Å². The van der Waals surface area contributed by atoms with Crippen molar-refractivity contribution in [1.29, 1.82) is 0 Å². The van der Waals surface area contributed by atoms with E-state index >= 15 is 0 Å². The zero-order chi connectivity index (χ0) is 14.4. The van der Waals surface area contributed by atoms with Crippen molar-refractivity contribution in [3.05, 3.63) is 0 Å². The number of nitrogens with one attached hydrogen (secondary N) is 2. The molecule has 1 rings (SSSR count). The highest BCUT2D eigenvalue weighted by molar-refractivity contribution is 5.83. The molecule has 1 saturated heterocycles. The van der Waals surface area contributed by atoms with Crippen LogP contribution in [0.5, 0.6) is 0 Å². The number of amides is 1. The number of hydrogen-bond donors (Lipinski definition) is 2. The molecule has 3 unspecified atom stereocenters. The molecule has 19 heavy (non-hydrogen) atoms. The number of methoxy groups -OCH3 is 1. The third-order valence-electron chi connectivity index (χ3n) is 3.53. The molecule has 0 saturated carbocycles. The Morgan fingerprint density at radius 2 is 1.89 bits per heavy atom. The largest absolute Gasteiger partial charge is 0.467 e. The van der Waals surface area contributed by atoms with Crippen molar-refractivity contribution in [2.24, 2.45) is 0 Å². The molecule has 0 radical (unpaired) electrons.